The normalized spacial score (nSPS) is 12.2. The lowest BCUT2D eigenvalue weighted by Gasteiger charge is -2.20. The minimum atomic E-state index is -0.0720. The molecule has 0 fully saturated rings. The number of para-hydroxylation sites is 1. The zero-order valence-electron chi connectivity index (χ0n) is 13.4. The summed E-state index contributed by atoms with van der Waals surface area (Å²) in [7, 11) is 0. The van der Waals surface area contributed by atoms with Crippen LogP contribution in [0.2, 0.25) is 0 Å². The number of aromatic amines is 1. The van der Waals surface area contributed by atoms with Crippen LogP contribution in [-0.4, -0.2) is 15.0 Å². The smallest absolute Gasteiger partial charge is 0.126 e. The Bertz CT molecular complexity index is 945. The molecule has 0 radical (unpaired) electrons. The van der Waals surface area contributed by atoms with Gasteiger partial charge in [-0.15, -0.1) is 0 Å². The average Bonchev–Trinajstić information content (AvgIpc) is 2.97. The molecule has 0 saturated heterocycles. The first kappa shape index (κ1) is 14.5. The molecule has 4 rings (SSSR count). The molecule has 4 nitrogen and oxygen atoms in total. The molecule has 0 aliphatic rings. The van der Waals surface area contributed by atoms with E-state index in [-0.39, 0.29) is 6.04 Å². The second kappa shape index (κ2) is 6.16. The zero-order chi connectivity index (χ0) is 16.4. The van der Waals surface area contributed by atoms with Crippen molar-refractivity contribution in [1.29, 1.82) is 0 Å². The summed E-state index contributed by atoms with van der Waals surface area (Å²) in [5, 5.41) is 4.74. The van der Waals surface area contributed by atoms with Crippen LogP contribution in [0.4, 0.5) is 5.82 Å². The van der Waals surface area contributed by atoms with Gasteiger partial charge < -0.3 is 10.3 Å². The summed E-state index contributed by atoms with van der Waals surface area (Å²) in [4.78, 5) is 12.5. The van der Waals surface area contributed by atoms with Gasteiger partial charge in [0, 0.05) is 34.6 Å². The number of fused-ring (bicyclic) bond motifs is 1. The molecule has 4 heteroatoms. The molecule has 4 aromatic rings. The van der Waals surface area contributed by atoms with Crippen LogP contribution in [-0.2, 0) is 0 Å². The van der Waals surface area contributed by atoms with E-state index in [9.17, 15) is 0 Å². The molecule has 0 bridgehead atoms. The van der Waals surface area contributed by atoms with Gasteiger partial charge in [-0.25, -0.2) is 4.98 Å². The van der Waals surface area contributed by atoms with Crippen molar-refractivity contribution in [2.45, 2.75) is 13.0 Å². The van der Waals surface area contributed by atoms with Crippen molar-refractivity contribution in [3.63, 3.8) is 0 Å². The zero-order valence-corrected chi connectivity index (χ0v) is 13.4. The van der Waals surface area contributed by atoms with Gasteiger partial charge >= 0.3 is 0 Å². The van der Waals surface area contributed by atoms with Crippen LogP contribution < -0.4 is 5.32 Å². The molecular weight excluding hydrogens is 296 g/mol. The number of aryl methyl sites for hydroxylation is 1. The molecule has 1 aromatic carbocycles. The summed E-state index contributed by atoms with van der Waals surface area (Å²) >= 11 is 0. The molecule has 0 saturated carbocycles. The second-order valence-electron chi connectivity index (χ2n) is 5.76. The van der Waals surface area contributed by atoms with E-state index in [1.807, 2.05) is 48.7 Å². The van der Waals surface area contributed by atoms with Crippen LogP contribution in [0.5, 0.6) is 0 Å². The largest absolute Gasteiger partial charge is 0.358 e. The van der Waals surface area contributed by atoms with Crippen LogP contribution in [0.1, 0.15) is 23.0 Å². The topological polar surface area (TPSA) is 53.6 Å². The van der Waals surface area contributed by atoms with Crippen LogP contribution >= 0.6 is 0 Å². The number of pyridine rings is 2. The van der Waals surface area contributed by atoms with Gasteiger partial charge in [-0.2, -0.15) is 0 Å². The van der Waals surface area contributed by atoms with Gasteiger partial charge in [0.15, 0.2) is 0 Å². The average molecular weight is 314 g/mol. The number of hydrogen-bond acceptors (Lipinski definition) is 3. The number of aromatic nitrogens is 3. The fourth-order valence-corrected chi connectivity index (χ4v) is 3.11. The third-order valence-corrected chi connectivity index (χ3v) is 4.17. The van der Waals surface area contributed by atoms with Gasteiger partial charge in [0.2, 0.25) is 0 Å². The minimum absolute atomic E-state index is 0.0720. The summed E-state index contributed by atoms with van der Waals surface area (Å²) in [5.41, 5.74) is 4.44. The fraction of sp³-hybridized carbons (Fsp3) is 0.100. The number of nitrogens with zero attached hydrogens (tertiary/aromatic N) is 2. The maximum absolute atomic E-state index is 4.57. The molecule has 24 heavy (non-hydrogen) atoms. The van der Waals surface area contributed by atoms with E-state index in [0.29, 0.717) is 0 Å². The number of rotatable bonds is 4. The Morgan fingerprint density at radius 2 is 1.62 bits per heavy atom. The number of nitrogens with one attached hydrogen (secondary N) is 2. The predicted octanol–water partition coefficient (Wildman–Crippen LogP) is 4.47. The van der Waals surface area contributed by atoms with Gasteiger partial charge in [0.1, 0.15) is 5.82 Å². The third-order valence-electron chi connectivity index (χ3n) is 4.17. The van der Waals surface area contributed by atoms with Crippen molar-refractivity contribution in [2.75, 3.05) is 5.32 Å². The van der Waals surface area contributed by atoms with Crippen molar-refractivity contribution in [3.05, 3.63) is 90.0 Å². The van der Waals surface area contributed by atoms with Crippen molar-refractivity contribution in [3.8, 4) is 0 Å². The van der Waals surface area contributed by atoms with Gasteiger partial charge in [0.05, 0.1) is 11.7 Å². The highest BCUT2D eigenvalue weighted by molar-refractivity contribution is 5.86. The van der Waals surface area contributed by atoms with Crippen LogP contribution in [0.15, 0.2) is 73.1 Å². The lowest BCUT2D eigenvalue weighted by atomic mass is 9.99. The van der Waals surface area contributed by atoms with E-state index in [0.717, 1.165) is 22.7 Å². The highest BCUT2D eigenvalue weighted by Gasteiger charge is 2.22. The van der Waals surface area contributed by atoms with Gasteiger partial charge in [-0.3, -0.25) is 4.98 Å². The molecule has 0 spiro atoms. The standard InChI is InChI=1S/C20H18N4/c1-14-19(15-8-2-3-9-16(15)23-14)20(17-10-4-6-12-21-17)24-18-11-5-7-13-22-18/h2-13,20,23H,1H3,(H,22,24)/t20-/m0/s1. The van der Waals surface area contributed by atoms with Crippen molar-refractivity contribution in [2.24, 2.45) is 0 Å². The molecule has 0 unspecified atom stereocenters. The van der Waals surface area contributed by atoms with Crippen LogP contribution in [0.25, 0.3) is 10.9 Å². The number of benzene rings is 1. The first-order valence-electron chi connectivity index (χ1n) is 7.98. The highest BCUT2D eigenvalue weighted by Crippen LogP contribution is 2.33. The molecule has 2 N–H and O–H groups in total. The third kappa shape index (κ3) is 2.63. The van der Waals surface area contributed by atoms with Crippen LogP contribution in [0, 0.1) is 6.92 Å². The molecule has 0 aliphatic heterocycles. The van der Waals surface area contributed by atoms with Crippen molar-refractivity contribution < 1.29 is 0 Å². The minimum Gasteiger partial charge on any atom is -0.358 e. The summed E-state index contributed by atoms with van der Waals surface area (Å²) in [6.45, 7) is 2.10. The first-order chi connectivity index (χ1) is 11.8. The Morgan fingerprint density at radius 1 is 0.875 bits per heavy atom. The van der Waals surface area contributed by atoms with Gasteiger partial charge in [-0.1, -0.05) is 30.3 Å². The monoisotopic (exact) mass is 314 g/mol. The summed E-state index contributed by atoms with van der Waals surface area (Å²) in [6, 6.07) is 20.1. The molecule has 3 heterocycles. The van der Waals surface area contributed by atoms with Crippen LogP contribution in [0.3, 0.4) is 0 Å². The van der Waals surface area contributed by atoms with E-state index < -0.39 is 0 Å². The van der Waals surface area contributed by atoms with Crippen molar-refractivity contribution >= 4 is 16.7 Å². The highest BCUT2D eigenvalue weighted by atomic mass is 15.0. The lowest BCUT2D eigenvalue weighted by molar-refractivity contribution is 0.875. The lowest BCUT2D eigenvalue weighted by Crippen LogP contribution is -2.15. The SMILES string of the molecule is Cc1[nH]c2ccccc2c1[C@@H](Nc1ccccn1)c1ccccn1. The Kier molecular flexibility index (Phi) is 3.71. The van der Waals surface area contributed by atoms with E-state index in [4.69, 9.17) is 0 Å². The Balaban J connectivity index is 1.87. The number of hydrogen-bond donors (Lipinski definition) is 2. The predicted molar refractivity (Wildman–Crippen MR) is 97.0 cm³/mol. The first-order valence-corrected chi connectivity index (χ1v) is 7.98. The Hall–Kier alpha value is -3.14. The maximum Gasteiger partial charge on any atom is 0.126 e. The Morgan fingerprint density at radius 3 is 2.38 bits per heavy atom. The summed E-state index contributed by atoms with van der Waals surface area (Å²) in [6.07, 6.45) is 3.62. The molecule has 1 atom stereocenters. The molecule has 0 aliphatic carbocycles. The van der Waals surface area contributed by atoms with E-state index in [2.05, 4.69) is 45.4 Å². The quantitative estimate of drug-likeness (QED) is 0.584. The maximum atomic E-state index is 4.57. The fourth-order valence-electron chi connectivity index (χ4n) is 3.11. The molecule has 118 valence electrons. The number of H-pyrrole nitrogens is 1. The molecular formula is C20H18N4. The van der Waals surface area contributed by atoms with Crippen molar-refractivity contribution in [1.82, 2.24) is 15.0 Å². The molecule has 3 aromatic heterocycles. The summed E-state index contributed by atoms with van der Waals surface area (Å²) in [5.74, 6) is 0.831. The van der Waals surface area contributed by atoms with E-state index >= 15 is 0 Å². The van der Waals surface area contributed by atoms with E-state index in [1.54, 1.807) is 6.20 Å². The Labute approximate surface area is 140 Å². The van der Waals surface area contributed by atoms with E-state index in [1.165, 1.54) is 10.9 Å². The number of anilines is 1. The van der Waals surface area contributed by atoms with Gasteiger partial charge in [-0.05, 0) is 37.3 Å². The summed E-state index contributed by atoms with van der Waals surface area (Å²) < 4.78 is 0. The molecule has 0 amide bonds. The second-order valence-corrected chi connectivity index (χ2v) is 5.76. The van der Waals surface area contributed by atoms with Gasteiger partial charge in [0.25, 0.3) is 0 Å².